The van der Waals surface area contributed by atoms with Crippen LogP contribution in [0.5, 0.6) is 5.75 Å². The Kier molecular flexibility index (Phi) is 9.18. The molecule has 0 N–H and O–H groups in total. The van der Waals surface area contributed by atoms with Crippen LogP contribution in [0.2, 0.25) is 5.02 Å². The average Bonchev–Trinajstić information content (AvgIpc) is 3.22. The van der Waals surface area contributed by atoms with Gasteiger partial charge in [-0.15, -0.1) is 10.2 Å². The Balaban J connectivity index is 1.38. The van der Waals surface area contributed by atoms with Crippen molar-refractivity contribution in [1.29, 1.82) is 0 Å². The zero-order chi connectivity index (χ0) is 27.1. The number of ether oxygens (including phenoxy) is 1. The number of methoxy groups -OCH3 is 1. The lowest BCUT2D eigenvalue weighted by atomic mass is 10.1. The van der Waals surface area contributed by atoms with Crippen molar-refractivity contribution in [2.45, 2.75) is 32.7 Å². The number of hydrogen-bond donors (Lipinski definition) is 0. The van der Waals surface area contributed by atoms with Crippen molar-refractivity contribution in [3.8, 4) is 17.0 Å². The Labute approximate surface area is 229 Å². The molecule has 1 saturated heterocycles. The number of carbonyl (C=O) groups is 2. The number of carbonyl (C=O) groups excluding carboxylic acids is 2. The topological polar surface area (TPSA) is 78.9 Å². The standard InChI is InChI=1S/C29H34ClN5O3/c1-4-21(2)35(29(37)23-6-10-24(30)11-7-23)20-28(36)34-17-5-16-33(18-19-34)27-15-14-26(31-32-27)22-8-12-25(38-3)13-9-22/h6-15,21H,4-5,16-20H2,1-3H3. The molecule has 1 aromatic heterocycles. The molecule has 200 valence electrons. The lowest BCUT2D eigenvalue weighted by Crippen LogP contribution is -2.47. The summed E-state index contributed by atoms with van der Waals surface area (Å²) >= 11 is 5.99. The van der Waals surface area contributed by atoms with Crippen molar-refractivity contribution in [2.75, 3.05) is 44.7 Å². The molecule has 1 atom stereocenters. The fraction of sp³-hybridized carbons (Fsp3) is 0.379. The number of hydrogen-bond acceptors (Lipinski definition) is 6. The maximum Gasteiger partial charge on any atom is 0.254 e. The van der Waals surface area contributed by atoms with Crippen LogP contribution in [-0.4, -0.2) is 77.7 Å². The van der Waals surface area contributed by atoms with E-state index in [0.717, 1.165) is 42.2 Å². The molecular weight excluding hydrogens is 502 g/mol. The van der Waals surface area contributed by atoms with Crippen LogP contribution in [-0.2, 0) is 4.79 Å². The van der Waals surface area contributed by atoms with Gasteiger partial charge in [-0.3, -0.25) is 9.59 Å². The second-order valence-electron chi connectivity index (χ2n) is 9.42. The Morgan fingerprint density at radius 3 is 2.34 bits per heavy atom. The highest BCUT2D eigenvalue weighted by molar-refractivity contribution is 6.30. The summed E-state index contributed by atoms with van der Waals surface area (Å²) in [5, 5.41) is 9.45. The van der Waals surface area contributed by atoms with Crippen LogP contribution in [0.4, 0.5) is 5.82 Å². The summed E-state index contributed by atoms with van der Waals surface area (Å²) in [5.74, 6) is 1.38. The average molecular weight is 536 g/mol. The number of benzene rings is 2. The molecular formula is C29H34ClN5O3. The van der Waals surface area contributed by atoms with Gasteiger partial charge in [0.2, 0.25) is 5.91 Å². The van der Waals surface area contributed by atoms with Crippen LogP contribution in [0.3, 0.4) is 0 Å². The van der Waals surface area contributed by atoms with Gasteiger partial charge in [0.15, 0.2) is 5.82 Å². The second-order valence-corrected chi connectivity index (χ2v) is 9.86. The summed E-state index contributed by atoms with van der Waals surface area (Å²) in [6.07, 6.45) is 1.56. The van der Waals surface area contributed by atoms with E-state index in [1.165, 1.54) is 0 Å². The molecule has 0 radical (unpaired) electrons. The van der Waals surface area contributed by atoms with E-state index >= 15 is 0 Å². The van der Waals surface area contributed by atoms with Gasteiger partial charge in [0, 0.05) is 48.4 Å². The van der Waals surface area contributed by atoms with E-state index in [4.69, 9.17) is 16.3 Å². The van der Waals surface area contributed by atoms with Crippen molar-refractivity contribution < 1.29 is 14.3 Å². The van der Waals surface area contributed by atoms with Crippen LogP contribution in [0.25, 0.3) is 11.3 Å². The quantitative estimate of drug-likeness (QED) is 0.413. The smallest absolute Gasteiger partial charge is 0.254 e. The highest BCUT2D eigenvalue weighted by Crippen LogP contribution is 2.22. The first-order valence-corrected chi connectivity index (χ1v) is 13.3. The number of aromatic nitrogens is 2. The summed E-state index contributed by atoms with van der Waals surface area (Å²) < 4.78 is 5.22. The monoisotopic (exact) mass is 535 g/mol. The molecule has 4 rings (SSSR count). The molecule has 1 unspecified atom stereocenters. The molecule has 3 aromatic rings. The van der Waals surface area contributed by atoms with Crippen LogP contribution in [0.15, 0.2) is 60.7 Å². The lowest BCUT2D eigenvalue weighted by Gasteiger charge is -2.31. The maximum atomic E-state index is 13.3. The zero-order valence-corrected chi connectivity index (χ0v) is 22.9. The molecule has 38 heavy (non-hydrogen) atoms. The van der Waals surface area contributed by atoms with E-state index in [2.05, 4.69) is 15.1 Å². The molecule has 1 aliphatic heterocycles. The van der Waals surface area contributed by atoms with E-state index < -0.39 is 0 Å². The first-order chi connectivity index (χ1) is 18.4. The molecule has 0 spiro atoms. The third-order valence-electron chi connectivity index (χ3n) is 6.99. The van der Waals surface area contributed by atoms with Gasteiger partial charge in [-0.2, -0.15) is 0 Å². The Bertz CT molecular complexity index is 1220. The lowest BCUT2D eigenvalue weighted by molar-refractivity contribution is -0.132. The van der Waals surface area contributed by atoms with Crippen LogP contribution < -0.4 is 9.64 Å². The first kappa shape index (κ1) is 27.4. The molecule has 0 bridgehead atoms. The Morgan fingerprint density at radius 2 is 1.71 bits per heavy atom. The minimum atomic E-state index is -0.159. The number of amides is 2. The van der Waals surface area contributed by atoms with Crippen molar-refractivity contribution in [3.05, 3.63) is 71.2 Å². The molecule has 0 aliphatic carbocycles. The van der Waals surface area contributed by atoms with Gasteiger partial charge in [-0.1, -0.05) is 18.5 Å². The number of rotatable bonds is 8. The van der Waals surface area contributed by atoms with Gasteiger partial charge >= 0.3 is 0 Å². The predicted octanol–water partition coefficient (Wildman–Crippen LogP) is 4.79. The molecule has 8 nitrogen and oxygen atoms in total. The molecule has 2 aromatic carbocycles. The van der Waals surface area contributed by atoms with Crippen molar-refractivity contribution >= 4 is 29.2 Å². The minimum Gasteiger partial charge on any atom is -0.497 e. The van der Waals surface area contributed by atoms with Gasteiger partial charge < -0.3 is 19.4 Å². The van der Waals surface area contributed by atoms with Crippen LogP contribution >= 0.6 is 11.6 Å². The molecule has 9 heteroatoms. The molecule has 1 aliphatic rings. The van der Waals surface area contributed by atoms with Crippen LogP contribution in [0.1, 0.15) is 37.0 Å². The summed E-state index contributed by atoms with van der Waals surface area (Å²) in [5.41, 5.74) is 2.29. The van der Waals surface area contributed by atoms with Crippen LogP contribution in [0, 0.1) is 0 Å². The Morgan fingerprint density at radius 1 is 0.974 bits per heavy atom. The third kappa shape index (κ3) is 6.61. The maximum absolute atomic E-state index is 13.3. The second kappa shape index (κ2) is 12.7. The number of nitrogens with zero attached hydrogens (tertiary/aromatic N) is 5. The highest BCUT2D eigenvalue weighted by atomic mass is 35.5. The van der Waals surface area contributed by atoms with Gasteiger partial charge in [-0.25, -0.2) is 0 Å². The normalized spacial score (nSPS) is 14.5. The van der Waals surface area contributed by atoms with Crippen molar-refractivity contribution in [3.63, 3.8) is 0 Å². The third-order valence-corrected chi connectivity index (χ3v) is 7.24. The largest absolute Gasteiger partial charge is 0.497 e. The highest BCUT2D eigenvalue weighted by Gasteiger charge is 2.27. The van der Waals surface area contributed by atoms with E-state index in [1.54, 1.807) is 36.3 Å². The first-order valence-electron chi connectivity index (χ1n) is 13.0. The van der Waals surface area contributed by atoms with Gasteiger partial charge in [0.1, 0.15) is 12.3 Å². The van der Waals surface area contributed by atoms with Crippen molar-refractivity contribution in [2.24, 2.45) is 0 Å². The van der Waals surface area contributed by atoms with E-state index in [-0.39, 0.29) is 24.4 Å². The SMILES string of the molecule is CCC(C)N(CC(=O)N1CCCN(c2ccc(-c3ccc(OC)cc3)nn2)CC1)C(=O)c1ccc(Cl)cc1. The van der Waals surface area contributed by atoms with E-state index in [0.29, 0.717) is 30.2 Å². The van der Waals surface area contributed by atoms with Gasteiger partial charge in [-0.05, 0) is 80.4 Å². The predicted molar refractivity (Wildman–Crippen MR) is 150 cm³/mol. The Hall–Kier alpha value is -3.65. The summed E-state index contributed by atoms with van der Waals surface area (Å²) in [6.45, 7) is 6.66. The van der Waals surface area contributed by atoms with Crippen molar-refractivity contribution in [1.82, 2.24) is 20.0 Å². The summed E-state index contributed by atoms with van der Waals surface area (Å²) in [4.78, 5) is 32.2. The molecule has 0 saturated carbocycles. The van der Waals surface area contributed by atoms with Gasteiger partial charge in [0.05, 0.1) is 12.8 Å². The minimum absolute atomic E-state index is 0.0459. The van der Waals surface area contributed by atoms with E-state index in [9.17, 15) is 9.59 Å². The van der Waals surface area contributed by atoms with E-state index in [1.807, 2.05) is 55.1 Å². The molecule has 2 heterocycles. The number of halogens is 1. The fourth-order valence-corrected chi connectivity index (χ4v) is 4.58. The van der Waals surface area contributed by atoms with Gasteiger partial charge in [0.25, 0.3) is 5.91 Å². The number of anilines is 1. The molecule has 1 fully saturated rings. The summed E-state index contributed by atoms with van der Waals surface area (Å²) in [6, 6.07) is 18.4. The molecule has 2 amide bonds. The summed E-state index contributed by atoms with van der Waals surface area (Å²) in [7, 11) is 1.64. The zero-order valence-electron chi connectivity index (χ0n) is 22.1. The fourth-order valence-electron chi connectivity index (χ4n) is 4.46.